The Labute approximate surface area is 121 Å². The molecule has 2 aromatic rings. The number of aliphatic hydroxyl groups is 1. The summed E-state index contributed by atoms with van der Waals surface area (Å²) in [5, 5.41) is 13.7. The van der Waals surface area contributed by atoms with E-state index in [1.807, 2.05) is 38.1 Å². The number of nitrogen functional groups attached to an aromatic ring is 1. The molecule has 4 nitrogen and oxygen atoms in total. The first-order chi connectivity index (χ1) is 9.38. The van der Waals surface area contributed by atoms with Crippen LogP contribution in [0.15, 0.2) is 24.3 Å². The number of nitrogens with two attached hydrogens (primary N) is 1. The zero-order chi connectivity index (χ0) is 14.5. The quantitative estimate of drug-likeness (QED) is 0.743. The Morgan fingerprint density at radius 1 is 1.45 bits per heavy atom. The SMILES string of the molecule is CC1(C)C(O)CC1NC(=O)c1cc2cc(N)ccc2s1. The van der Waals surface area contributed by atoms with Gasteiger partial charge in [-0.1, -0.05) is 13.8 Å². The number of carbonyl (C=O) groups excluding carboxylic acids is 1. The summed E-state index contributed by atoms with van der Waals surface area (Å²) in [5.41, 5.74) is 6.19. The van der Waals surface area contributed by atoms with Crippen LogP contribution >= 0.6 is 11.3 Å². The number of hydrogen-bond donors (Lipinski definition) is 3. The predicted octanol–water partition coefficient (Wildman–Crippen LogP) is 2.37. The molecular weight excluding hydrogens is 272 g/mol. The molecule has 1 aliphatic rings. The van der Waals surface area contributed by atoms with Crippen LogP contribution in [-0.2, 0) is 0 Å². The summed E-state index contributed by atoms with van der Waals surface area (Å²) in [5.74, 6) is -0.0743. The van der Waals surface area contributed by atoms with Gasteiger partial charge in [0.1, 0.15) is 0 Å². The summed E-state index contributed by atoms with van der Waals surface area (Å²) in [6.07, 6.45) is 0.284. The van der Waals surface area contributed by atoms with Crippen molar-refractivity contribution in [2.45, 2.75) is 32.4 Å². The Morgan fingerprint density at radius 3 is 2.85 bits per heavy atom. The molecule has 5 heteroatoms. The first-order valence-corrected chi connectivity index (χ1v) is 7.47. The summed E-state index contributed by atoms with van der Waals surface area (Å²) < 4.78 is 1.05. The van der Waals surface area contributed by atoms with Crippen molar-refractivity contribution in [3.8, 4) is 0 Å². The highest BCUT2D eigenvalue weighted by atomic mass is 32.1. The van der Waals surface area contributed by atoms with Gasteiger partial charge in [-0.05, 0) is 36.1 Å². The number of amides is 1. The number of aliphatic hydroxyl groups excluding tert-OH is 1. The lowest BCUT2D eigenvalue weighted by Gasteiger charge is -2.49. The minimum Gasteiger partial charge on any atom is -0.399 e. The monoisotopic (exact) mass is 290 g/mol. The van der Waals surface area contributed by atoms with Crippen LogP contribution in [0, 0.1) is 5.41 Å². The standard InChI is InChI=1S/C15H18N2O2S/c1-15(2)12(7-13(15)18)17-14(19)11-6-8-5-9(16)3-4-10(8)20-11/h3-6,12-13,18H,7,16H2,1-2H3,(H,17,19). The first-order valence-electron chi connectivity index (χ1n) is 6.66. The van der Waals surface area contributed by atoms with E-state index >= 15 is 0 Å². The van der Waals surface area contributed by atoms with Crippen molar-refractivity contribution in [1.29, 1.82) is 0 Å². The lowest BCUT2D eigenvalue weighted by Crippen LogP contribution is -2.61. The van der Waals surface area contributed by atoms with Crippen molar-refractivity contribution in [3.05, 3.63) is 29.1 Å². The van der Waals surface area contributed by atoms with Crippen molar-refractivity contribution < 1.29 is 9.90 Å². The second-order valence-corrected chi connectivity index (χ2v) is 7.09. The van der Waals surface area contributed by atoms with Gasteiger partial charge in [-0.2, -0.15) is 0 Å². The molecular formula is C15H18N2O2S. The molecule has 1 aromatic carbocycles. The van der Waals surface area contributed by atoms with Crippen LogP contribution in [0.5, 0.6) is 0 Å². The second kappa shape index (κ2) is 4.46. The van der Waals surface area contributed by atoms with Gasteiger partial charge in [-0.25, -0.2) is 0 Å². The molecule has 4 N–H and O–H groups in total. The van der Waals surface area contributed by atoms with Gasteiger partial charge in [0.25, 0.3) is 5.91 Å². The third-order valence-corrected chi connectivity index (χ3v) is 5.40. The lowest BCUT2D eigenvalue weighted by molar-refractivity contribution is -0.0689. The maximum atomic E-state index is 12.3. The molecule has 1 heterocycles. The molecule has 1 aliphatic carbocycles. The number of rotatable bonds is 2. The molecule has 0 bridgehead atoms. The molecule has 1 saturated carbocycles. The number of benzene rings is 1. The molecule has 2 unspecified atom stereocenters. The second-order valence-electron chi connectivity index (χ2n) is 6.01. The summed E-state index contributed by atoms with van der Waals surface area (Å²) in [6.45, 7) is 3.94. The molecule has 3 rings (SSSR count). The fraction of sp³-hybridized carbons (Fsp3) is 0.400. The van der Waals surface area contributed by atoms with Crippen LogP contribution in [0.4, 0.5) is 5.69 Å². The van der Waals surface area contributed by atoms with Gasteiger partial charge >= 0.3 is 0 Å². The van der Waals surface area contributed by atoms with E-state index in [-0.39, 0.29) is 23.5 Å². The Kier molecular flexibility index (Phi) is 2.99. The molecule has 1 amide bonds. The van der Waals surface area contributed by atoms with Crippen LogP contribution in [0.2, 0.25) is 0 Å². The average Bonchev–Trinajstić information content (AvgIpc) is 2.81. The van der Waals surface area contributed by atoms with E-state index in [4.69, 9.17) is 5.73 Å². The molecule has 20 heavy (non-hydrogen) atoms. The fourth-order valence-corrected chi connectivity index (χ4v) is 3.50. The number of nitrogens with one attached hydrogen (secondary N) is 1. The third-order valence-electron chi connectivity index (χ3n) is 4.29. The van der Waals surface area contributed by atoms with Crippen molar-refractivity contribution >= 4 is 33.0 Å². The van der Waals surface area contributed by atoms with E-state index in [2.05, 4.69) is 5.32 Å². The molecule has 1 fully saturated rings. The van der Waals surface area contributed by atoms with Crippen LogP contribution < -0.4 is 11.1 Å². The van der Waals surface area contributed by atoms with Gasteiger partial charge in [0.2, 0.25) is 0 Å². The largest absolute Gasteiger partial charge is 0.399 e. The highest BCUT2D eigenvalue weighted by Gasteiger charge is 2.48. The summed E-state index contributed by atoms with van der Waals surface area (Å²) in [6, 6.07) is 7.54. The van der Waals surface area contributed by atoms with Crippen molar-refractivity contribution in [3.63, 3.8) is 0 Å². The number of thiophene rings is 1. The zero-order valence-corrected chi connectivity index (χ0v) is 12.3. The lowest BCUT2D eigenvalue weighted by atomic mass is 9.64. The minimum atomic E-state index is -0.338. The minimum absolute atomic E-state index is 0.0280. The van der Waals surface area contributed by atoms with Crippen molar-refractivity contribution in [2.75, 3.05) is 5.73 Å². The molecule has 1 aromatic heterocycles. The number of carbonyl (C=O) groups is 1. The third kappa shape index (κ3) is 2.07. The molecule has 106 valence electrons. The normalized spacial score (nSPS) is 24.4. The Balaban J connectivity index is 1.79. The maximum absolute atomic E-state index is 12.3. The Hall–Kier alpha value is -1.59. The maximum Gasteiger partial charge on any atom is 0.261 e. The summed E-state index contributed by atoms with van der Waals surface area (Å²) in [7, 11) is 0. The Morgan fingerprint density at radius 2 is 2.20 bits per heavy atom. The van der Waals surface area contributed by atoms with E-state index in [9.17, 15) is 9.90 Å². The van der Waals surface area contributed by atoms with Gasteiger partial charge in [-0.15, -0.1) is 11.3 Å². The summed E-state index contributed by atoms with van der Waals surface area (Å²) in [4.78, 5) is 13.0. The number of hydrogen-bond acceptors (Lipinski definition) is 4. The highest BCUT2D eigenvalue weighted by molar-refractivity contribution is 7.20. The van der Waals surface area contributed by atoms with E-state index in [1.54, 1.807) is 0 Å². The molecule has 0 radical (unpaired) electrons. The van der Waals surface area contributed by atoms with Gasteiger partial charge in [0.15, 0.2) is 0 Å². The fourth-order valence-electron chi connectivity index (χ4n) is 2.55. The van der Waals surface area contributed by atoms with E-state index in [1.165, 1.54) is 11.3 Å². The topological polar surface area (TPSA) is 75.3 Å². The van der Waals surface area contributed by atoms with Crippen LogP contribution in [0.25, 0.3) is 10.1 Å². The average molecular weight is 290 g/mol. The summed E-state index contributed by atoms with van der Waals surface area (Å²) >= 11 is 1.46. The molecule has 0 aliphatic heterocycles. The van der Waals surface area contributed by atoms with Gasteiger partial charge in [0.05, 0.1) is 11.0 Å². The first kappa shape index (κ1) is 13.4. The molecule has 2 atom stereocenters. The smallest absolute Gasteiger partial charge is 0.261 e. The number of fused-ring (bicyclic) bond motifs is 1. The highest BCUT2D eigenvalue weighted by Crippen LogP contribution is 2.40. The van der Waals surface area contributed by atoms with Crippen LogP contribution in [-0.4, -0.2) is 23.2 Å². The van der Waals surface area contributed by atoms with E-state index in [0.29, 0.717) is 17.0 Å². The van der Waals surface area contributed by atoms with Crippen molar-refractivity contribution in [2.24, 2.45) is 5.41 Å². The molecule has 0 spiro atoms. The van der Waals surface area contributed by atoms with E-state index < -0.39 is 0 Å². The van der Waals surface area contributed by atoms with Gasteiger partial charge in [-0.3, -0.25) is 4.79 Å². The Bertz CT molecular complexity index is 678. The van der Waals surface area contributed by atoms with Crippen molar-refractivity contribution in [1.82, 2.24) is 5.32 Å². The molecule has 0 saturated heterocycles. The van der Waals surface area contributed by atoms with Crippen LogP contribution in [0.3, 0.4) is 0 Å². The predicted molar refractivity (Wildman–Crippen MR) is 81.9 cm³/mol. The zero-order valence-electron chi connectivity index (χ0n) is 11.5. The van der Waals surface area contributed by atoms with Gasteiger partial charge in [0, 0.05) is 21.8 Å². The number of anilines is 1. The van der Waals surface area contributed by atoms with E-state index in [0.717, 1.165) is 10.1 Å². The van der Waals surface area contributed by atoms with Gasteiger partial charge < -0.3 is 16.2 Å². The van der Waals surface area contributed by atoms with Crippen LogP contribution in [0.1, 0.15) is 29.9 Å².